The quantitative estimate of drug-likeness (QED) is 0.254. The second-order valence-corrected chi connectivity index (χ2v) is 6.44. The Morgan fingerprint density at radius 3 is 2.20 bits per heavy atom. The SMILES string of the molecule is CN=C(NCCCCn1cnnc1)NCCCN1CCCCCC1.I. The van der Waals surface area contributed by atoms with Gasteiger partial charge in [0.2, 0.25) is 0 Å². The summed E-state index contributed by atoms with van der Waals surface area (Å²) in [7, 11) is 1.83. The van der Waals surface area contributed by atoms with Crippen molar-refractivity contribution in [1.82, 2.24) is 30.3 Å². The lowest BCUT2D eigenvalue weighted by Gasteiger charge is -2.20. The predicted molar refractivity (Wildman–Crippen MR) is 114 cm³/mol. The summed E-state index contributed by atoms with van der Waals surface area (Å²) in [5, 5.41) is 14.4. The van der Waals surface area contributed by atoms with Crippen LogP contribution in [0.5, 0.6) is 0 Å². The van der Waals surface area contributed by atoms with Crippen LogP contribution in [-0.4, -0.2) is 65.4 Å². The van der Waals surface area contributed by atoms with E-state index < -0.39 is 0 Å². The number of nitrogens with zero attached hydrogens (tertiary/aromatic N) is 5. The van der Waals surface area contributed by atoms with Gasteiger partial charge in [0.05, 0.1) is 0 Å². The fourth-order valence-corrected chi connectivity index (χ4v) is 3.05. The molecule has 2 rings (SSSR count). The van der Waals surface area contributed by atoms with E-state index in [0.29, 0.717) is 0 Å². The lowest BCUT2D eigenvalue weighted by Crippen LogP contribution is -2.39. The topological polar surface area (TPSA) is 70.4 Å². The normalized spacial score (nSPS) is 16.1. The molecule has 0 aromatic carbocycles. The van der Waals surface area contributed by atoms with Gasteiger partial charge in [0.25, 0.3) is 0 Å². The molecule has 1 aliphatic rings. The third-order valence-electron chi connectivity index (χ3n) is 4.47. The molecule has 0 aliphatic carbocycles. The summed E-state index contributed by atoms with van der Waals surface area (Å²) in [4.78, 5) is 6.90. The van der Waals surface area contributed by atoms with E-state index in [-0.39, 0.29) is 24.0 Å². The molecule has 0 spiro atoms. The Labute approximate surface area is 169 Å². The van der Waals surface area contributed by atoms with Crippen LogP contribution in [-0.2, 0) is 6.54 Å². The first-order chi connectivity index (χ1) is 11.9. The highest BCUT2D eigenvalue weighted by Crippen LogP contribution is 2.09. The van der Waals surface area contributed by atoms with Gasteiger partial charge in [-0.15, -0.1) is 34.2 Å². The van der Waals surface area contributed by atoms with Gasteiger partial charge in [-0.25, -0.2) is 0 Å². The summed E-state index contributed by atoms with van der Waals surface area (Å²) in [5.74, 6) is 0.912. The van der Waals surface area contributed by atoms with Crippen LogP contribution >= 0.6 is 24.0 Å². The minimum Gasteiger partial charge on any atom is -0.356 e. The van der Waals surface area contributed by atoms with E-state index in [1.807, 2.05) is 11.6 Å². The van der Waals surface area contributed by atoms with Crippen molar-refractivity contribution in [3.8, 4) is 0 Å². The average molecular weight is 463 g/mol. The highest BCUT2D eigenvalue weighted by molar-refractivity contribution is 14.0. The smallest absolute Gasteiger partial charge is 0.190 e. The van der Waals surface area contributed by atoms with Gasteiger partial charge in [0.15, 0.2) is 5.96 Å². The Kier molecular flexibility index (Phi) is 12.7. The van der Waals surface area contributed by atoms with Crippen molar-refractivity contribution in [1.29, 1.82) is 0 Å². The lowest BCUT2D eigenvalue weighted by atomic mass is 10.2. The second kappa shape index (κ2) is 14.3. The summed E-state index contributed by atoms with van der Waals surface area (Å²) in [5.41, 5.74) is 0. The largest absolute Gasteiger partial charge is 0.356 e. The number of aliphatic imine (C=N–C) groups is 1. The number of guanidine groups is 1. The maximum absolute atomic E-state index is 4.29. The fourth-order valence-electron chi connectivity index (χ4n) is 3.05. The lowest BCUT2D eigenvalue weighted by molar-refractivity contribution is 0.282. The molecule has 0 bridgehead atoms. The van der Waals surface area contributed by atoms with Crippen LogP contribution in [0.3, 0.4) is 0 Å². The van der Waals surface area contributed by atoms with E-state index in [0.717, 1.165) is 38.4 Å². The maximum Gasteiger partial charge on any atom is 0.190 e. The maximum atomic E-state index is 4.29. The van der Waals surface area contributed by atoms with Crippen LogP contribution in [0, 0.1) is 0 Å². The molecular formula is C17H34IN7. The fraction of sp³-hybridized carbons (Fsp3) is 0.824. The van der Waals surface area contributed by atoms with Gasteiger partial charge in [-0.3, -0.25) is 4.99 Å². The van der Waals surface area contributed by atoms with E-state index in [1.54, 1.807) is 12.7 Å². The van der Waals surface area contributed by atoms with E-state index in [2.05, 4.69) is 30.7 Å². The zero-order valence-corrected chi connectivity index (χ0v) is 17.8. The first kappa shape index (κ1) is 22.1. The number of halogens is 1. The highest BCUT2D eigenvalue weighted by Gasteiger charge is 2.08. The van der Waals surface area contributed by atoms with Crippen molar-refractivity contribution in [2.45, 2.75) is 51.5 Å². The minimum atomic E-state index is 0. The monoisotopic (exact) mass is 463 g/mol. The summed E-state index contributed by atoms with van der Waals surface area (Å²) in [6.07, 6.45) is 12.5. The summed E-state index contributed by atoms with van der Waals surface area (Å²) in [6, 6.07) is 0. The predicted octanol–water partition coefficient (Wildman–Crippen LogP) is 2.11. The molecule has 0 saturated carbocycles. The average Bonchev–Trinajstić information content (AvgIpc) is 2.98. The number of aryl methyl sites for hydroxylation is 1. The van der Waals surface area contributed by atoms with Crippen LogP contribution in [0.1, 0.15) is 44.9 Å². The molecule has 1 saturated heterocycles. The van der Waals surface area contributed by atoms with Gasteiger partial charge in [0, 0.05) is 26.7 Å². The first-order valence-corrected chi connectivity index (χ1v) is 9.38. The molecule has 0 unspecified atom stereocenters. The first-order valence-electron chi connectivity index (χ1n) is 9.38. The molecule has 0 radical (unpaired) electrons. The molecule has 0 amide bonds. The number of aromatic nitrogens is 3. The van der Waals surface area contributed by atoms with Crippen molar-refractivity contribution in [3.05, 3.63) is 12.7 Å². The third kappa shape index (κ3) is 9.98. The van der Waals surface area contributed by atoms with Crippen LogP contribution in [0.2, 0.25) is 0 Å². The molecule has 1 aromatic rings. The van der Waals surface area contributed by atoms with Crippen LogP contribution in [0.4, 0.5) is 0 Å². The molecule has 8 heteroatoms. The number of rotatable bonds is 9. The summed E-state index contributed by atoms with van der Waals surface area (Å²) >= 11 is 0. The van der Waals surface area contributed by atoms with Crippen LogP contribution in [0.25, 0.3) is 0 Å². The van der Waals surface area contributed by atoms with E-state index >= 15 is 0 Å². The molecule has 1 aliphatic heterocycles. The Morgan fingerprint density at radius 2 is 1.56 bits per heavy atom. The molecule has 144 valence electrons. The van der Waals surface area contributed by atoms with Crippen molar-refractivity contribution in [2.24, 2.45) is 4.99 Å². The summed E-state index contributed by atoms with van der Waals surface area (Å²) in [6.45, 7) is 6.64. The van der Waals surface area contributed by atoms with E-state index in [9.17, 15) is 0 Å². The molecule has 2 heterocycles. The Hall–Kier alpha value is -0.900. The van der Waals surface area contributed by atoms with Gasteiger partial charge in [0.1, 0.15) is 12.7 Å². The van der Waals surface area contributed by atoms with Crippen molar-refractivity contribution >= 4 is 29.9 Å². The van der Waals surface area contributed by atoms with Crippen molar-refractivity contribution < 1.29 is 0 Å². The molecule has 0 atom stereocenters. The number of unbranched alkanes of at least 4 members (excludes halogenated alkanes) is 1. The number of hydrogen-bond acceptors (Lipinski definition) is 4. The van der Waals surface area contributed by atoms with Crippen LogP contribution in [0.15, 0.2) is 17.6 Å². The number of nitrogens with one attached hydrogen (secondary N) is 2. The highest BCUT2D eigenvalue weighted by atomic mass is 127. The van der Waals surface area contributed by atoms with Gasteiger partial charge in [-0.05, 0) is 51.7 Å². The Bertz CT molecular complexity index is 442. The molecular weight excluding hydrogens is 429 g/mol. The standard InChI is InChI=1S/C17H33N7.HI/c1-18-17(19-9-4-7-13-24-15-21-22-16-24)20-10-8-14-23-11-5-2-3-6-12-23;/h15-16H,2-14H2,1H3,(H2,18,19,20);1H. The third-order valence-corrected chi connectivity index (χ3v) is 4.47. The van der Waals surface area contributed by atoms with E-state index in [1.165, 1.54) is 51.7 Å². The second-order valence-electron chi connectivity index (χ2n) is 6.44. The molecule has 2 N–H and O–H groups in total. The molecule has 1 fully saturated rings. The van der Waals surface area contributed by atoms with Crippen LogP contribution < -0.4 is 10.6 Å². The Morgan fingerprint density at radius 1 is 0.920 bits per heavy atom. The van der Waals surface area contributed by atoms with Gasteiger partial charge >= 0.3 is 0 Å². The minimum absolute atomic E-state index is 0. The van der Waals surface area contributed by atoms with E-state index in [4.69, 9.17) is 0 Å². The number of likely N-dealkylation sites (tertiary alicyclic amines) is 1. The Balaban J connectivity index is 0.00000312. The van der Waals surface area contributed by atoms with Crippen molar-refractivity contribution in [2.75, 3.05) is 39.8 Å². The zero-order chi connectivity index (χ0) is 16.9. The molecule has 7 nitrogen and oxygen atoms in total. The molecule has 25 heavy (non-hydrogen) atoms. The molecule has 1 aromatic heterocycles. The van der Waals surface area contributed by atoms with Gasteiger partial charge in [-0.2, -0.15) is 0 Å². The number of hydrogen-bond donors (Lipinski definition) is 2. The summed E-state index contributed by atoms with van der Waals surface area (Å²) < 4.78 is 2.01. The van der Waals surface area contributed by atoms with Gasteiger partial charge < -0.3 is 20.1 Å². The van der Waals surface area contributed by atoms with Crippen molar-refractivity contribution in [3.63, 3.8) is 0 Å². The zero-order valence-electron chi connectivity index (χ0n) is 15.5. The van der Waals surface area contributed by atoms with Gasteiger partial charge in [-0.1, -0.05) is 12.8 Å².